The zero-order chi connectivity index (χ0) is 23.1. The van der Waals surface area contributed by atoms with E-state index in [4.69, 9.17) is 11.6 Å². The first-order valence-corrected chi connectivity index (χ1v) is 11.5. The molecule has 2 N–H and O–H groups in total. The maximum absolute atomic E-state index is 14.7. The van der Waals surface area contributed by atoms with Gasteiger partial charge in [0.1, 0.15) is 21.5 Å². The summed E-state index contributed by atoms with van der Waals surface area (Å²) in [5.41, 5.74) is 1.11. The van der Waals surface area contributed by atoms with Crippen LogP contribution in [0.15, 0.2) is 42.7 Å². The summed E-state index contributed by atoms with van der Waals surface area (Å²) in [5.74, 6) is -1.23. The maximum Gasteiger partial charge on any atom is 0.280 e. The van der Waals surface area contributed by atoms with Crippen LogP contribution in [0.5, 0.6) is 0 Å². The molecule has 1 unspecified atom stereocenters. The highest BCUT2D eigenvalue weighted by Gasteiger charge is 2.33. The molecule has 1 aromatic carbocycles. The van der Waals surface area contributed by atoms with Gasteiger partial charge in [-0.15, -0.1) is 0 Å². The Morgan fingerprint density at radius 2 is 2.00 bits per heavy atom. The van der Waals surface area contributed by atoms with E-state index in [0.717, 1.165) is 11.3 Å². The van der Waals surface area contributed by atoms with E-state index in [1.165, 1.54) is 24.5 Å². The molecule has 11 heteroatoms. The predicted molar refractivity (Wildman–Crippen MR) is 120 cm³/mol. The number of imidazole rings is 1. The van der Waals surface area contributed by atoms with Gasteiger partial charge >= 0.3 is 0 Å². The second-order valence-corrected chi connectivity index (χ2v) is 9.60. The minimum absolute atomic E-state index is 0.227. The molecule has 7 nitrogen and oxygen atoms in total. The largest absolute Gasteiger partial charge is 0.393 e. The van der Waals surface area contributed by atoms with Gasteiger partial charge in [0.15, 0.2) is 5.01 Å². The average Bonchev–Trinajstić information content (AvgIpc) is 3.37. The summed E-state index contributed by atoms with van der Waals surface area (Å²) in [5, 5.41) is 13.7. The Morgan fingerprint density at radius 1 is 1.18 bits per heavy atom. The van der Waals surface area contributed by atoms with Crippen molar-refractivity contribution in [1.29, 1.82) is 0 Å². The first-order valence-electron chi connectivity index (χ1n) is 10.3. The summed E-state index contributed by atoms with van der Waals surface area (Å²) in [6.45, 7) is 0. The van der Waals surface area contributed by atoms with Crippen LogP contribution in [-0.2, 0) is 0 Å². The van der Waals surface area contributed by atoms with Crippen molar-refractivity contribution in [1.82, 2.24) is 24.8 Å². The summed E-state index contributed by atoms with van der Waals surface area (Å²) in [6, 6.07) is 6.69. The Bertz CT molecular complexity index is 1340. The molecule has 170 valence electrons. The standard InChI is InChI=1S/C22H18ClF2N5O2S/c23-18-10-27-22(33-18)21(32)28-11-5-12(7-13(31)6-11)30-17-8-19(25)26-9-16(17)29-20(30)14-3-1-2-4-15(14)24/h1-4,8-13,31H,5-7H2,(H,28,32)/t11?,12-,13-/m0/s1. The van der Waals surface area contributed by atoms with Gasteiger partial charge in [-0.1, -0.05) is 35.1 Å². The predicted octanol–water partition coefficient (Wildman–Crippen LogP) is 4.37. The Hall–Kier alpha value is -2.95. The van der Waals surface area contributed by atoms with Gasteiger partial charge < -0.3 is 15.0 Å². The maximum atomic E-state index is 14.7. The topological polar surface area (TPSA) is 92.9 Å². The summed E-state index contributed by atoms with van der Waals surface area (Å²) < 4.78 is 30.9. The Labute approximate surface area is 196 Å². The molecule has 0 spiro atoms. The van der Waals surface area contributed by atoms with Crippen molar-refractivity contribution < 1.29 is 18.7 Å². The molecule has 0 saturated heterocycles. The zero-order valence-corrected chi connectivity index (χ0v) is 18.7. The molecular formula is C22H18ClF2N5O2S. The third-order valence-corrected chi connectivity index (χ3v) is 6.80. The highest BCUT2D eigenvalue weighted by molar-refractivity contribution is 7.17. The minimum Gasteiger partial charge on any atom is -0.393 e. The van der Waals surface area contributed by atoms with Gasteiger partial charge in [-0.25, -0.2) is 19.3 Å². The molecule has 1 fully saturated rings. The van der Waals surface area contributed by atoms with Crippen LogP contribution in [-0.4, -0.2) is 42.7 Å². The number of hydrogen-bond acceptors (Lipinski definition) is 6. The van der Waals surface area contributed by atoms with E-state index in [-0.39, 0.29) is 28.6 Å². The molecule has 1 aliphatic rings. The summed E-state index contributed by atoms with van der Waals surface area (Å²) in [6.07, 6.45) is 3.09. The van der Waals surface area contributed by atoms with Crippen molar-refractivity contribution >= 4 is 39.9 Å². The lowest BCUT2D eigenvalue weighted by atomic mass is 9.88. The molecule has 1 aliphatic carbocycles. The van der Waals surface area contributed by atoms with Gasteiger partial charge in [-0.3, -0.25) is 4.79 Å². The molecule has 0 aliphatic heterocycles. The molecule has 3 heterocycles. The highest BCUT2D eigenvalue weighted by atomic mass is 35.5. The third-order valence-electron chi connectivity index (χ3n) is 5.69. The van der Waals surface area contributed by atoms with Crippen molar-refractivity contribution in [3.63, 3.8) is 0 Å². The molecular weight excluding hydrogens is 472 g/mol. The third kappa shape index (κ3) is 4.33. The van der Waals surface area contributed by atoms with E-state index in [0.29, 0.717) is 40.5 Å². The lowest BCUT2D eigenvalue weighted by Gasteiger charge is -2.34. The molecule has 0 radical (unpaired) electrons. The average molecular weight is 490 g/mol. The van der Waals surface area contributed by atoms with Gasteiger partial charge in [0.05, 0.1) is 29.6 Å². The first-order chi connectivity index (χ1) is 15.9. The second-order valence-electron chi connectivity index (χ2n) is 7.94. The quantitative estimate of drug-likeness (QED) is 0.415. The fourth-order valence-electron chi connectivity index (χ4n) is 4.37. The molecule has 1 amide bonds. The minimum atomic E-state index is -0.730. The SMILES string of the molecule is O=C(NC1C[C@H](O)C[C@@H](n2c(-c3ccccc3F)nc3cnc(F)cc32)C1)c1ncc(Cl)s1. The van der Waals surface area contributed by atoms with Crippen LogP contribution in [0.25, 0.3) is 22.4 Å². The summed E-state index contributed by atoms with van der Waals surface area (Å²) in [7, 11) is 0. The number of carbonyl (C=O) groups excluding carboxylic acids is 1. The lowest BCUT2D eigenvalue weighted by molar-refractivity contribution is 0.0747. The second kappa shape index (κ2) is 8.77. The number of nitrogens with zero attached hydrogens (tertiary/aromatic N) is 4. The number of nitrogens with one attached hydrogen (secondary N) is 1. The van der Waals surface area contributed by atoms with Crippen LogP contribution in [0.2, 0.25) is 4.34 Å². The Balaban J connectivity index is 1.53. The van der Waals surface area contributed by atoms with Crippen LogP contribution in [0.1, 0.15) is 35.1 Å². The van der Waals surface area contributed by atoms with Crippen molar-refractivity contribution in [2.45, 2.75) is 37.5 Å². The molecule has 0 bridgehead atoms. The van der Waals surface area contributed by atoms with E-state index < -0.39 is 17.9 Å². The van der Waals surface area contributed by atoms with Crippen molar-refractivity contribution in [2.75, 3.05) is 0 Å². The van der Waals surface area contributed by atoms with E-state index >= 15 is 0 Å². The van der Waals surface area contributed by atoms with Crippen molar-refractivity contribution in [3.05, 3.63) is 63.8 Å². The number of carbonyl (C=O) groups is 1. The fourth-order valence-corrected chi connectivity index (χ4v) is 5.19. The molecule has 1 saturated carbocycles. The first kappa shape index (κ1) is 21.9. The van der Waals surface area contributed by atoms with Gasteiger partial charge in [-0.2, -0.15) is 4.39 Å². The molecule has 3 aromatic heterocycles. The normalized spacial score (nSPS) is 20.8. The van der Waals surface area contributed by atoms with Gasteiger partial charge in [-0.05, 0) is 31.4 Å². The van der Waals surface area contributed by atoms with E-state index in [1.807, 2.05) is 0 Å². The van der Waals surface area contributed by atoms with E-state index in [9.17, 15) is 18.7 Å². The molecule has 3 atom stereocenters. The number of fused-ring (bicyclic) bond motifs is 1. The monoisotopic (exact) mass is 489 g/mol. The van der Waals surface area contributed by atoms with Crippen molar-refractivity contribution in [2.24, 2.45) is 0 Å². The van der Waals surface area contributed by atoms with Crippen LogP contribution < -0.4 is 5.32 Å². The van der Waals surface area contributed by atoms with Crippen LogP contribution in [0.4, 0.5) is 8.78 Å². The number of aromatic nitrogens is 4. The van der Waals surface area contributed by atoms with Gasteiger partial charge in [0.2, 0.25) is 5.95 Å². The summed E-state index contributed by atoms with van der Waals surface area (Å²) in [4.78, 5) is 24.8. The Kier molecular flexibility index (Phi) is 5.81. The number of benzene rings is 1. The number of halogens is 3. The number of pyridine rings is 1. The van der Waals surface area contributed by atoms with Crippen LogP contribution in [0.3, 0.4) is 0 Å². The van der Waals surface area contributed by atoms with Gasteiger partial charge in [0, 0.05) is 18.2 Å². The van der Waals surface area contributed by atoms with Gasteiger partial charge in [0.25, 0.3) is 5.91 Å². The molecule has 33 heavy (non-hydrogen) atoms. The number of aliphatic hydroxyl groups excluding tert-OH is 1. The van der Waals surface area contributed by atoms with E-state index in [1.54, 1.807) is 22.8 Å². The number of amides is 1. The van der Waals surface area contributed by atoms with E-state index in [2.05, 4.69) is 20.3 Å². The molecule has 5 rings (SSSR count). The summed E-state index contributed by atoms with van der Waals surface area (Å²) >= 11 is 6.94. The van der Waals surface area contributed by atoms with Crippen molar-refractivity contribution in [3.8, 4) is 11.4 Å². The number of thiazole rings is 1. The Morgan fingerprint density at radius 3 is 2.76 bits per heavy atom. The smallest absolute Gasteiger partial charge is 0.280 e. The fraction of sp³-hybridized carbons (Fsp3) is 0.273. The highest BCUT2D eigenvalue weighted by Crippen LogP contribution is 2.37. The lowest BCUT2D eigenvalue weighted by Crippen LogP contribution is -2.43. The number of hydrogen-bond donors (Lipinski definition) is 2. The van der Waals surface area contributed by atoms with Crippen LogP contribution in [0, 0.1) is 11.8 Å². The van der Waals surface area contributed by atoms with Crippen LogP contribution >= 0.6 is 22.9 Å². The zero-order valence-electron chi connectivity index (χ0n) is 17.1. The number of rotatable bonds is 4. The molecule has 4 aromatic rings. The number of aliphatic hydroxyl groups is 1.